The van der Waals surface area contributed by atoms with Crippen molar-refractivity contribution in [2.24, 2.45) is 0 Å². The van der Waals surface area contributed by atoms with E-state index in [1.54, 1.807) is 6.20 Å². The molecule has 3 rings (SSSR count). The number of aliphatic hydroxyl groups excluding tert-OH is 4. The number of halogens is 1. The summed E-state index contributed by atoms with van der Waals surface area (Å²) in [5, 5.41) is 39.4. The van der Waals surface area contributed by atoms with E-state index in [1.807, 2.05) is 18.2 Å². The molecule has 0 radical (unpaired) electrons. The minimum atomic E-state index is -1.46. The highest BCUT2D eigenvalue weighted by atomic mass is 79.9. The average Bonchev–Trinajstić information content (AvgIpc) is 2.90. The van der Waals surface area contributed by atoms with Crippen LogP contribution in [-0.4, -0.2) is 62.7 Å². The number of hydrogen-bond donors (Lipinski definition) is 5. The van der Waals surface area contributed by atoms with Gasteiger partial charge in [0.1, 0.15) is 30.2 Å². The van der Waals surface area contributed by atoms with E-state index < -0.39 is 37.3 Å². The van der Waals surface area contributed by atoms with E-state index >= 15 is 0 Å². The molecule has 2 unspecified atom stereocenters. The first-order valence-corrected chi connectivity index (χ1v) is 7.54. The highest BCUT2D eigenvalue weighted by molar-refractivity contribution is 9.10. The third-order valence-corrected chi connectivity index (χ3v) is 4.19. The van der Waals surface area contributed by atoms with Gasteiger partial charge in [-0.25, -0.2) is 0 Å². The highest BCUT2D eigenvalue weighted by Gasteiger charge is 2.44. The van der Waals surface area contributed by atoms with Gasteiger partial charge in [0.2, 0.25) is 6.29 Å². The molecule has 0 aliphatic carbocycles. The van der Waals surface area contributed by atoms with Crippen molar-refractivity contribution >= 4 is 26.8 Å². The summed E-state index contributed by atoms with van der Waals surface area (Å²) in [6, 6.07) is 5.57. The molecule has 7 nitrogen and oxygen atoms in total. The number of ether oxygens (including phenoxy) is 2. The lowest BCUT2D eigenvalue weighted by Crippen LogP contribution is -2.60. The van der Waals surface area contributed by atoms with Gasteiger partial charge in [-0.3, -0.25) is 0 Å². The Kier molecular flexibility index (Phi) is 4.40. The topological polar surface area (TPSA) is 115 Å². The van der Waals surface area contributed by atoms with Gasteiger partial charge in [0.05, 0.1) is 6.61 Å². The molecule has 1 aliphatic rings. The van der Waals surface area contributed by atoms with Gasteiger partial charge < -0.3 is 34.9 Å². The summed E-state index contributed by atoms with van der Waals surface area (Å²) in [6.45, 7) is -0.496. The van der Waals surface area contributed by atoms with Gasteiger partial charge >= 0.3 is 0 Å². The Bertz CT molecular complexity index is 660. The van der Waals surface area contributed by atoms with Crippen LogP contribution in [0.5, 0.6) is 5.75 Å². The Balaban J connectivity index is 1.85. The van der Waals surface area contributed by atoms with Gasteiger partial charge in [0.25, 0.3) is 0 Å². The van der Waals surface area contributed by atoms with Gasteiger partial charge in [-0.05, 0) is 18.2 Å². The van der Waals surface area contributed by atoms with E-state index in [-0.39, 0.29) is 0 Å². The molecule has 1 saturated heterocycles. The van der Waals surface area contributed by atoms with Crippen LogP contribution in [-0.2, 0) is 4.74 Å². The Morgan fingerprint density at radius 1 is 1.18 bits per heavy atom. The zero-order valence-corrected chi connectivity index (χ0v) is 13.0. The molecule has 1 aromatic carbocycles. The van der Waals surface area contributed by atoms with Crippen LogP contribution in [0.15, 0.2) is 28.9 Å². The normalized spacial score (nSPS) is 32.3. The van der Waals surface area contributed by atoms with Crippen molar-refractivity contribution in [3.8, 4) is 5.75 Å². The van der Waals surface area contributed by atoms with Gasteiger partial charge in [-0.15, -0.1) is 0 Å². The highest BCUT2D eigenvalue weighted by Crippen LogP contribution is 2.31. The van der Waals surface area contributed by atoms with E-state index in [4.69, 9.17) is 9.47 Å². The maximum absolute atomic E-state index is 9.99. The SMILES string of the molecule is OCC1O[C@H](Oc2c[nH]c3ccc(Br)cc23)C(O)[C@H](O)[C@@H]1O. The van der Waals surface area contributed by atoms with Crippen LogP contribution in [0.3, 0.4) is 0 Å². The number of aliphatic hydroxyl groups is 4. The second kappa shape index (κ2) is 6.15. The Hall–Kier alpha value is -1.16. The summed E-state index contributed by atoms with van der Waals surface area (Å²) >= 11 is 3.37. The number of nitrogens with one attached hydrogen (secondary N) is 1. The van der Waals surface area contributed by atoms with Gasteiger partial charge in [0.15, 0.2) is 0 Å². The van der Waals surface area contributed by atoms with Crippen molar-refractivity contribution in [3.63, 3.8) is 0 Å². The van der Waals surface area contributed by atoms with E-state index in [9.17, 15) is 20.4 Å². The molecule has 120 valence electrons. The molecule has 0 saturated carbocycles. The summed E-state index contributed by atoms with van der Waals surface area (Å²) in [5.74, 6) is 0.431. The lowest BCUT2D eigenvalue weighted by molar-refractivity contribution is -0.277. The smallest absolute Gasteiger partial charge is 0.229 e. The molecule has 0 bridgehead atoms. The predicted octanol–water partition coefficient (Wildman–Crippen LogP) is 0.109. The third kappa shape index (κ3) is 2.73. The second-order valence-electron chi connectivity index (χ2n) is 5.16. The van der Waals surface area contributed by atoms with Crippen molar-refractivity contribution in [2.45, 2.75) is 30.7 Å². The first-order chi connectivity index (χ1) is 10.5. The quantitative estimate of drug-likeness (QED) is 0.521. The zero-order valence-electron chi connectivity index (χ0n) is 11.4. The van der Waals surface area contributed by atoms with E-state index in [2.05, 4.69) is 20.9 Å². The second-order valence-corrected chi connectivity index (χ2v) is 6.07. The van der Waals surface area contributed by atoms with Crippen LogP contribution in [0.2, 0.25) is 0 Å². The maximum atomic E-state index is 9.99. The lowest BCUT2D eigenvalue weighted by Gasteiger charge is -2.39. The molecule has 0 spiro atoms. The minimum absolute atomic E-state index is 0.431. The molecule has 8 heteroatoms. The number of hydrogen-bond acceptors (Lipinski definition) is 6. The van der Waals surface area contributed by atoms with E-state index in [0.29, 0.717) is 5.75 Å². The number of aromatic nitrogens is 1. The monoisotopic (exact) mass is 373 g/mol. The first kappa shape index (κ1) is 15.7. The molecule has 5 atom stereocenters. The Morgan fingerprint density at radius 3 is 2.68 bits per heavy atom. The fraction of sp³-hybridized carbons (Fsp3) is 0.429. The van der Waals surface area contributed by atoms with Gasteiger partial charge in [0, 0.05) is 21.6 Å². The van der Waals surface area contributed by atoms with Crippen molar-refractivity contribution in [1.82, 2.24) is 4.98 Å². The third-order valence-electron chi connectivity index (χ3n) is 3.70. The molecule has 22 heavy (non-hydrogen) atoms. The number of benzene rings is 1. The summed E-state index contributed by atoms with van der Waals surface area (Å²) in [4.78, 5) is 3.02. The van der Waals surface area contributed by atoms with Crippen molar-refractivity contribution in [2.75, 3.05) is 6.61 Å². The fourth-order valence-electron chi connectivity index (χ4n) is 2.45. The van der Waals surface area contributed by atoms with Crippen LogP contribution in [0.25, 0.3) is 10.9 Å². The minimum Gasteiger partial charge on any atom is -0.460 e. The van der Waals surface area contributed by atoms with Crippen molar-refractivity contribution in [3.05, 3.63) is 28.9 Å². The lowest BCUT2D eigenvalue weighted by atomic mass is 9.99. The maximum Gasteiger partial charge on any atom is 0.229 e. The largest absolute Gasteiger partial charge is 0.460 e. The molecule has 5 N–H and O–H groups in total. The van der Waals surface area contributed by atoms with Crippen LogP contribution in [0, 0.1) is 0 Å². The molecule has 1 aliphatic heterocycles. The summed E-state index contributed by atoms with van der Waals surface area (Å²) in [7, 11) is 0. The predicted molar refractivity (Wildman–Crippen MR) is 80.4 cm³/mol. The molecule has 2 heterocycles. The van der Waals surface area contributed by atoms with Crippen molar-refractivity contribution in [1.29, 1.82) is 0 Å². The van der Waals surface area contributed by atoms with Crippen LogP contribution in [0.4, 0.5) is 0 Å². The first-order valence-electron chi connectivity index (χ1n) is 6.75. The van der Waals surface area contributed by atoms with Gasteiger partial charge in [-0.1, -0.05) is 15.9 Å². The number of aromatic amines is 1. The molecule has 0 amide bonds. The molecular weight excluding hydrogens is 358 g/mol. The van der Waals surface area contributed by atoms with Gasteiger partial charge in [-0.2, -0.15) is 0 Å². The molecule has 1 fully saturated rings. The Labute approximate surface area is 134 Å². The van der Waals surface area contributed by atoms with E-state index in [0.717, 1.165) is 15.4 Å². The van der Waals surface area contributed by atoms with Crippen LogP contribution >= 0.6 is 15.9 Å². The summed E-state index contributed by atoms with van der Waals surface area (Å²) < 4.78 is 11.8. The fourth-order valence-corrected chi connectivity index (χ4v) is 2.82. The average molecular weight is 374 g/mol. The Morgan fingerprint density at radius 2 is 1.95 bits per heavy atom. The molecular formula is C14H16BrNO6. The number of fused-ring (bicyclic) bond motifs is 1. The summed E-state index contributed by atoms with van der Waals surface area (Å²) in [5.41, 5.74) is 0.836. The van der Waals surface area contributed by atoms with Crippen LogP contribution < -0.4 is 4.74 Å². The zero-order chi connectivity index (χ0) is 15.9. The molecule has 2 aromatic rings. The number of rotatable bonds is 3. The number of H-pyrrole nitrogens is 1. The van der Waals surface area contributed by atoms with E-state index in [1.165, 1.54) is 0 Å². The van der Waals surface area contributed by atoms with Crippen LogP contribution in [0.1, 0.15) is 0 Å². The summed E-state index contributed by atoms with van der Waals surface area (Å²) in [6.07, 6.45) is -4.90. The molecule has 1 aromatic heterocycles. The standard InChI is InChI=1S/C14H16BrNO6/c15-6-1-2-8-7(3-6)9(4-16-8)21-14-13(20)12(19)11(18)10(5-17)22-14/h1-4,10-14,16-20H,5H2/t10?,11-,12-,13?,14+/m1/s1. The van der Waals surface area contributed by atoms with Crippen molar-refractivity contribution < 1.29 is 29.9 Å².